The van der Waals surface area contributed by atoms with Crippen LogP contribution in [0.5, 0.6) is 0 Å². The first kappa shape index (κ1) is 11.5. The zero-order valence-electron chi connectivity index (χ0n) is 11.4. The minimum absolute atomic E-state index is 0.507. The van der Waals surface area contributed by atoms with Crippen LogP contribution >= 0.6 is 0 Å². The van der Waals surface area contributed by atoms with Crippen molar-refractivity contribution in [3.05, 3.63) is 30.0 Å². The van der Waals surface area contributed by atoms with Gasteiger partial charge >= 0.3 is 0 Å². The number of hydrogen-bond donors (Lipinski definition) is 1. The highest BCUT2D eigenvalue weighted by Gasteiger charge is 2.49. The van der Waals surface area contributed by atoms with Crippen molar-refractivity contribution in [2.75, 3.05) is 5.73 Å². The van der Waals surface area contributed by atoms with Gasteiger partial charge in [0, 0.05) is 6.20 Å². The van der Waals surface area contributed by atoms with Crippen molar-refractivity contribution in [2.24, 2.45) is 23.2 Å². The molecule has 0 atom stereocenters. The van der Waals surface area contributed by atoms with Crippen molar-refractivity contribution in [3.63, 3.8) is 0 Å². The van der Waals surface area contributed by atoms with Gasteiger partial charge in [0.25, 0.3) is 0 Å². The van der Waals surface area contributed by atoms with Crippen LogP contribution in [0.25, 0.3) is 6.08 Å². The van der Waals surface area contributed by atoms with Crippen LogP contribution < -0.4 is 5.73 Å². The van der Waals surface area contributed by atoms with Crippen LogP contribution in [-0.2, 0) is 0 Å². The molecule has 5 rings (SSSR count). The van der Waals surface area contributed by atoms with E-state index in [9.17, 15) is 0 Å². The molecular formula is C17H22N2. The number of rotatable bonds is 2. The number of allylic oxidation sites excluding steroid dienone is 1. The molecule has 2 N–H and O–H groups in total. The Hall–Kier alpha value is -1.31. The summed E-state index contributed by atoms with van der Waals surface area (Å²) in [5.74, 6) is 3.66. The summed E-state index contributed by atoms with van der Waals surface area (Å²) in [6.45, 7) is 0. The van der Waals surface area contributed by atoms with E-state index in [0.29, 0.717) is 11.2 Å². The second kappa shape index (κ2) is 4.09. The van der Waals surface area contributed by atoms with Gasteiger partial charge in [-0.05, 0) is 79.4 Å². The maximum Gasteiger partial charge on any atom is 0.123 e. The molecule has 19 heavy (non-hydrogen) atoms. The Morgan fingerprint density at radius 2 is 1.74 bits per heavy atom. The lowest BCUT2D eigenvalue weighted by Gasteiger charge is -2.55. The van der Waals surface area contributed by atoms with E-state index >= 15 is 0 Å². The first-order chi connectivity index (χ1) is 9.21. The maximum atomic E-state index is 5.75. The van der Waals surface area contributed by atoms with Crippen LogP contribution in [0.1, 0.15) is 44.1 Å². The van der Waals surface area contributed by atoms with Gasteiger partial charge in [-0.25, -0.2) is 4.98 Å². The normalized spacial score (nSPS) is 40.1. The Labute approximate surface area is 115 Å². The average molecular weight is 254 g/mol. The molecule has 1 aromatic rings. The number of hydrogen-bond acceptors (Lipinski definition) is 2. The van der Waals surface area contributed by atoms with E-state index in [0.717, 1.165) is 17.8 Å². The van der Waals surface area contributed by atoms with Crippen LogP contribution in [-0.4, -0.2) is 4.98 Å². The van der Waals surface area contributed by atoms with Crippen LogP contribution in [0.3, 0.4) is 0 Å². The SMILES string of the molecule is Nc1cc(/C=C/C23CC4CC(CC(C4)C2)C3)ccn1. The predicted molar refractivity (Wildman–Crippen MR) is 78.3 cm³/mol. The van der Waals surface area contributed by atoms with Gasteiger partial charge in [-0.1, -0.05) is 12.2 Å². The van der Waals surface area contributed by atoms with Crippen LogP contribution in [0.15, 0.2) is 24.4 Å². The molecular weight excluding hydrogens is 232 g/mol. The molecule has 2 nitrogen and oxygen atoms in total. The Kier molecular flexibility index (Phi) is 2.48. The van der Waals surface area contributed by atoms with E-state index in [4.69, 9.17) is 5.73 Å². The standard InChI is InChI=1S/C17H22N2/c18-16-8-12(2-4-19-16)1-3-17-9-13-5-14(10-17)7-15(6-13)11-17/h1-4,8,13-15H,5-7,9-11H2,(H2,18,19)/b3-1+. The summed E-state index contributed by atoms with van der Waals surface area (Å²) < 4.78 is 0. The van der Waals surface area contributed by atoms with Gasteiger partial charge in [-0.3, -0.25) is 0 Å². The Balaban J connectivity index is 1.59. The van der Waals surface area contributed by atoms with Gasteiger partial charge in [-0.15, -0.1) is 0 Å². The summed E-state index contributed by atoms with van der Waals surface area (Å²) in [4.78, 5) is 4.06. The molecule has 0 aromatic carbocycles. The molecule has 4 aliphatic rings. The third-order valence-corrected chi connectivity index (χ3v) is 5.52. The summed E-state index contributed by atoms with van der Waals surface area (Å²) >= 11 is 0. The van der Waals surface area contributed by atoms with E-state index in [-0.39, 0.29) is 0 Å². The van der Waals surface area contributed by atoms with E-state index < -0.39 is 0 Å². The minimum Gasteiger partial charge on any atom is -0.384 e. The quantitative estimate of drug-likeness (QED) is 0.869. The summed E-state index contributed by atoms with van der Waals surface area (Å²) in [6, 6.07) is 4.02. The summed E-state index contributed by atoms with van der Waals surface area (Å²) in [7, 11) is 0. The molecule has 0 amide bonds. The lowest BCUT2D eigenvalue weighted by Crippen LogP contribution is -2.44. The molecule has 4 fully saturated rings. The van der Waals surface area contributed by atoms with E-state index in [1.54, 1.807) is 6.20 Å². The van der Waals surface area contributed by atoms with Gasteiger partial charge in [0.1, 0.15) is 5.82 Å². The molecule has 0 radical (unpaired) electrons. The zero-order chi connectivity index (χ0) is 12.9. The minimum atomic E-state index is 0.507. The van der Waals surface area contributed by atoms with E-state index in [1.165, 1.54) is 44.1 Å². The fourth-order valence-corrected chi connectivity index (χ4v) is 5.22. The highest BCUT2D eigenvalue weighted by molar-refractivity contribution is 5.53. The highest BCUT2D eigenvalue weighted by Crippen LogP contribution is 2.60. The smallest absolute Gasteiger partial charge is 0.123 e. The zero-order valence-corrected chi connectivity index (χ0v) is 11.4. The molecule has 100 valence electrons. The Morgan fingerprint density at radius 1 is 1.11 bits per heavy atom. The fourth-order valence-electron chi connectivity index (χ4n) is 5.22. The predicted octanol–water partition coefficient (Wildman–Crippen LogP) is 3.89. The van der Waals surface area contributed by atoms with Crippen molar-refractivity contribution in [1.29, 1.82) is 0 Å². The maximum absolute atomic E-state index is 5.75. The van der Waals surface area contributed by atoms with Gasteiger partial charge in [-0.2, -0.15) is 0 Å². The van der Waals surface area contributed by atoms with Gasteiger partial charge in [0.2, 0.25) is 0 Å². The summed E-state index contributed by atoms with van der Waals surface area (Å²) in [6.07, 6.45) is 15.4. The monoisotopic (exact) mass is 254 g/mol. The lowest BCUT2D eigenvalue weighted by molar-refractivity contribution is -0.0232. The Bertz CT molecular complexity index is 482. The van der Waals surface area contributed by atoms with Gasteiger partial charge in [0.15, 0.2) is 0 Å². The molecule has 0 aliphatic heterocycles. The molecule has 1 heterocycles. The number of pyridine rings is 1. The van der Waals surface area contributed by atoms with Crippen LogP contribution in [0.4, 0.5) is 5.82 Å². The first-order valence-electron chi connectivity index (χ1n) is 7.62. The average Bonchev–Trinajstić information content (AvgIpc) is 2.35. The van der Waals surface area contributed by atoms with E-state index in [2.05, 4.69) is 17.1 Å². The first-order valence-corrected chi connectivity index (χ1v) is 7.62. The summed E-state index contributed by atoms with van der Waals surface area (Å²) in [5, 5.41) is 0. The molecule has 2 heteroatoms. The second-order valence-electron chi connectivity index (χ2n) is 7.13. The van der Waals surface area contributed by atoms with Crippen molar-refractivity contribution in [2.45, 2.75) is 38.5 Å². The van der Waals surface area contributed by atoms with Gasteiger partial charge < -0.3 is 5.73 Å². The van der Waals surface area contributed by atoms with Crippen molar-refractivity contribution in [1.82, 2.24) is 4.98 Å². The third kappa shape index (κ3) is 2.07. The lowest BCUT2D eigenvalue weighted by atomic mass is 9.49. The molecule has 4 aliphatic carbocycles. The van der Waals surface area contributed by atoms with Gasteiger partial charge in [0.05, 0.1) is 0 Å². The number of anilines is 1. The number of nitrogen functional groups attached to an aromatic ring is 1. The largest absolute Gasteiger partial charge is 0.384 e. The van der Waals surface area contributed by atoms with Crippen molar-refractivity contribution in [3.8, 4) is 0 Å². The number of nitrogens with two attached hydrogens (primary N) is 1. The molecule has 0 spiro atoms. The molecule has 1 aromatic heterocycles. The molecule has 4 saturated carbocycles. The topological polar surface area (TPSA) is 38.9 Å². The molecule has 0 unspecified atom stereocenters. The number of aromatic nitrogens is 1. The molecule has 0 saturated heterocycles. The summed E-state index contributed by atoms with van der Waals surface area (Å²) in [5.41, 5.74) is 7.45. The number of nitrogens with zero attached hydrogens (tertiary/aromatic N) is 1. The highest BCUT2D eigenvalue weighted by atomic mass is 14.8. The van der Waals surface area contributed by atoms with Crippen LogP contribution in [0.2, 0.25) is 0 Å². The second-order valence-corrected chi connectivity index (χ2v) is 7.13. The van der Waals surface area contributed by atoms with Crippen molar-refractivity contribution >= 4 is 11.9 Å². The molecule has 4 bridgehead atoms. The van der Waals surface area contributed by atoms with E-state index in [1.807, 2.05) is 12.1 Å². The van der Waals surface area contributed by atoms with Crippen LogP contribution in [0, 0.1) is 23.2 Å². The third-order valence-electron chi connectivity index (χ3n) is 5.52. The fraction of sp³-hybridized carbons (Fsp3) is 0.588. The Morgan fingerprint density at radius 3 is 2.32 bits per heavy atom. The van der Waals surface area contributed by atoms with Crippen molar-refractivity contribution < 1.29 is 0 Å².